The number of halogens is 1. The maximum absolute atomic E-state index is 12.2. The zero-order chi connectivity index (χ0) is 17.7. The van der Waals surface area contributed by atoms with Crippen LogP contribution in [0, 0.1) is 0 Å². The van der Waals surface area contributed by atoms with Gasteiger partial charge in [0.15, 0.2) is 0 Å². The van der Waals surface area contributed by atoms with Crippen molar-refractivity contribution in [2.75, 3.05) is 13.1 Å². The summed E-state index contributed by atoms with van der Waals surface area (Å²) in [4.78, 5) is 2.45. The average molecular weight is 423 g/mol. The Morgan fingerprint density at radius 3 is 2.32 bits per heavy atom. The zero-order valence-corrected chi connectivity index (χ0v) is 16.5. The summed E-state index contributed by atoms with van der Waals surface area (Å²) in [6.07, 6.45) is 2.58. The van der Waals surface area contributed by atoms with E-state index >= 15 is 0 Å². The quantitative estimate of drug-likeness (QED) is 0.740. The summed E-state index contributed by atoms with van der Waals surface area (Å²) >= 11 is 3.36. The molecule has 0 aromatic heterocycles. The molecule has 1 saturated heterocycles. The number of sulfonamides is 1. The van der Waals surface area contributed by atoms with Crippen LogP contribution in [-0.2, 0) is 28.9 Å². The minimum Gasteiger partial charge on any atom is -0.299 e. The Bertz CT molecular complexity index is 800. The Kier molecular flexibility index (Phi) is 6.28. The van der Waals surface area contributed by atoms with Crippen LogP contribution in [0.3, 0.4) is 0 Å². The Morgan fingerprint density at radius 1 is 0.960 bits per heavy atom. The van der Waals surface area contributed by atoms with Crippen LogP contribution in [0.15, 0.2) is 53.0 Å². The second-order valence-electron chi connectivity index (χ2n) is 6.51. The first-order valence-corrected chi connectivity index (χ1v) is 11.0. The topological polar surface area (TPSA) is 49.4 Å². The molecule has 134 valence electrons. The average Bonchev–Trinajstić information content (AvgIpc) is 3.07. The van der Waals surface area contributed by atoms with Crippen molar-refractivity contribution in [1.82, 2.24) is 9.62 Å². The highest BCUT2D eigenvalue weighted by atomic mass is 79.9. The smallest absolute Gasteiger partial charge is 0.216 e. The summed E-state index contributed by atoms with van der Waals surface area (Å²) in [6.45, 7) is 3.66. The van der Waals surface area contributed by atoms with Crippen molar-refractivity contribution in [3.05, 3.63) is 69.7 Å². The molecule has 1 N–H and O–H groups in total. The van der Waals surface area contributed by atoms with Gasteiger partial charge in [0.05, 0.1) is 5.75 Å². The molecule has 2 aromatic rings. The van der Waals surface area contributed by atoms with Crippen LogP contribution in [0.5, 0.6) is 0 Å². The maximum atomic E-state index is 12.2. The van der Waals surface area contributed by atoms with Crippen molar-refractivity contribution in [3.8, 4) is 0 Å². The molecule has 4 nitrogen and oxygen atoms in total. The molecule has 0 spiro atoms. The molecule has 1 aliphatic heterocycles. The molecule has 3 rings (SSSR count). The zero-order valence-electron chi connectivity index (χ0n) is 14.1. The predicted octanol–water partition coefficient (Wildman–Crippen LogP) is 3.66. The van der Waals surface area contributed by atoms with Crippen LogP contribution in [0.4, 0.5) is 0 Å². The summed E-state index contributed by atoms with van der Waals surface area (Å²) in [5, 5.41) is 0. The van der Waals surface area contributed by atoms with Crippen LogP contribution in [0.2, 0.25) is 0 Å². The fourth-order valence-corrected chi connectivity index (χ4v) is 4.61. The predicted molar refractivity (Wildman–Crippen MR) is 105 cm³/mol. The van der Waals surface area contributed by atoms with Crippen LogP contribution >= 0.6 is 15.9 Å². The van der Waals surface area contributed by atoms with Gasteiger partial charge in [-0.1, -0.05) is 52.3 Å². The lowest BCUT2D eigenvalue weighted by molar-refractivity contribution is 0.331. The molecule has 0 radical (unpaired) electrons. The monoisotopic (exact) mass is 422 g/mol. The summed E-state index contributed by atoms with van der Waals surface area (Å²) in [6, 6.07) is 15.6. The largest absolute Gasteiger partial charge is 0.299 e. The van der Waals surface area contributed by atoms with Gasteiger partial charge in [-0.15, -0.1) is 0 Å². The molecule has 0 aliphatic carbocycles. The third-order valence-corrected chi connectivity index (χ3v) is 6.16. The molecule has 1 heterocycles. The SMILES string of the molecule is O=S(=O)(Cc1cccc(Br)c1)NCc1ccc(CN2CCCC2)cc1. The molecule has 25 heavy (non-hydrogen) atoms. The third kappa shape index (κ3) is 5.92. The Morgan fingerprint density at radius 2 is 1.64 bits per heavy atom. The second kappa shape index (κ2) is 8.45. The van der Waals surface area contributed by atoms with Crippen LogP contribution in [0.25, 0.3) is 0 Å². The lowest BCUT2D eigenvalue weighted by atomic mass is 10.1. The lowest BCUT2D eigenvalue weighted by Crippen LogP contribution is -2.24. The summed E-state index contributed by atoms with van der Waals surface area (Å²) in [5.41, 5.74) is 3.02. The third-order valence-electron chi connectivity index (χ3n) is 4.37. The minimum absolute atomic E-state index is 0.0144. The first-order valence-electron chi connectivity index (χ1n) is 8.52. The number of rotatable bonds is 7. The number of likely N-dealkylation sites (tertiary alicyclic amines) is 1. The summed E-state index contributed by atoms with van der Waals surface area (Å²) in [7, 11) is -3.36. The van der Waals surface area contributed by atoms with E-state index in [9.17, 15) is 8.42 Å². The van der Waals surface area contributed by atoms with Gasteiger partial charge < -0.3 is 0 Å². The molecular weight excluding hydrogens is 400 g/mol. The van der Waals surface area contributed by atoms with Gasteiger partial charge in [-0.05, 0) is 54.8 Å². The van der Waals surface area contributed by atoms with E-state index < -0.39 is 10.0 Å². The van der Waals surface area contributed by atoms with Crippen molar-refractivity contribution in [2.24, 2.45) is 0 Å². The first-order chi connectivity index (χ1) is 12.0. The molecule has 0 atom stereocenters. The van der Waals surface area contributed by atoms with Crippen molar-refractivity contribution < 1.29 is 8.42 Å². The number of benzene rings is 2. The number of hydrogen-bond acceptors (Lipinski definition) is 3. The van der Waals surface area contributed by atoms with Gasteiger partial charge in [0, 0.05) is 17.6 Å². The number of nitrogens with zero attached hydrogens (tertiary/aromatic N) is 1. The van der Waals surface area contributed by atoms with E-state index in [1.807, 2.05) is 36.4 Å². The fraction of sp³-hybridized carbons (Fsp3) is 0.368. The van der Waals surface area contributed by atoms with Gasteiger partial charge in [-0.3, -0.25) is 4.90 Å². The molecule has 0 saturated carbocycles. The highest BCUT2D eigenvalue weighted by molar-refractivity contribution is 9.10. The van der Waals surface area contributed by atoms with E-state index in [1.54, 1.807) is 0 Å². The Hall–Kier alpha value is -1.21. The van der Waals surface area contributed by atoms with Crippen LogP contribution in [0.1, 0.15) is 29.5 Å². The molecule has 0 amide bonds. The first kappa shape index (κ1) is 18.6. The highest BCUT2D eigenvalue weighted by Gasteiger charge is 2.13. The van der Waals surface area contributed by atoms with E-state index in [1.165, 1.54) is 31.5 Å². The Labute approximate surface area is 158 Å². The van der Waals surface area contributed by atoms with Gasteiger partial charge in [-0.25, -0.2) is 13.1 Å². The van der Waals surface area contributed by atoms with E-state index in [2.05, 4.69) is 37.7 Å². The lowest BCUT2D eigenvalue weighted by Gasteiger charge is -2.14. The summed E-state index contributed by atoms with van der Waals surface area (Å²) < 4.78 is 28.1. The van der Waals surface area contributed by atoms with Gasteiger partial charge in [0.25, 0.3) is 0 Å². The van der Waals surface area contributed by atoms with E-state index in [0.29, 0.717) is 6.54 Å². The van der Waals surface area contributed by atoms with Gasteiger partial charge >= 0.3 is 0 Å². The molecule has 1 aliphatic rings. The fourth-order valence-electron chi connectivity index (χ4n) is 3.05. The van der Waals surface area contributed by atoms with Crippen molar-refractivity contribution in [2.45, 2.75) is 31.7 Å². The number of nitrogens with one attached hydrogen (secondary N) is 1. The molecule has 6 heteroatoms. The summed E-state index contributed by atoms with van der Waals surface area (Å²) in [5.74, 6) is -0.0144. The van der Waals surface area contributed by atoms with E-state index in [0.717, 1.165) is 22.1 Å². The normalized spacial score (nSPS) is 15.6. The second-order valence-corrected chi connectivity index (χ2v) is 9.23. The van der Waals surface area contributed by atoms with Gasteiger partial charge in [-0.2, -0.15) is 0 Å². The standard InChI is InChI=1S/C19H23BrN2O2S/c20-19-5-3-4-18(12-19)15-25(23,24)21-13-16-6-8-17(9-7-16)14-22-10-1-2-11-22/h3-9,12,21H,1-2,10-11,13-15H2. The maximum Gasteiger partial charge on any atom is 0.216 e. The van der Waals surface area contributed by atoms with Crippen LogP contribution < -0.4 is 4.72 Å². The van der Waals surface area contributed by atoms with E-state index in [4.69, 9.17) is 0 Å². The highest BCUT2D eigenvalue weighted by Crippen LogP contribution is 2.15. The van der Waals surface area contributed by atoms with Crippen LogP contribution in [-0.4, -0.2) is 26.4 Å². The molecule has 0 unspecified atom stereocenters. The van der Waals surface area contributed by atoms with Crippen molar-refractivity contribution in [1.29, 1.82) is 0 Å². The Balaban J connectivity index is 1.53. The van der Waals surface area contributed by atoms with Crippen molar-refractivity contribution in [3.63, 3.8) is 0 Å². The van der Waals surface area contributed by atoms with Gasteiger partial charge in [0.2, 0.25) is 10.0 Å². The molecular formula is C19H23BrN2O2S. The minimum atomic E-state index is -3.36. The van der Waals surface area contributed by atoms with E-state index in [-0.39, 0.29) is 5.75 Å². The molecule has 0 bridgehead atoms. The van der Waals surface area contributed by atoms with Gasteiger partial charge in [0.1, 0.15) is 0 Å². The molecule has 1 fully saturated rings. The number of hydrogen-bond donors (Lipinski definition) is 1. The van der Waals surface area contributed by atoms with Crippen molar-refractivity contribution >= 4 is 26.0 Å². The molecule has 2 aromatic carbocycles.